The number of rotatable bonds is 7. The van der Waals surface area contributed by atoms with Gasteiger partial charge in [-0.25, -0.2) is 0 Å². The summed E-state index contributed by atoms with van der Waals surface area (Å²) in [5, 5.41) is 3.61. The van der Waals surface area contributed by atoms with E-state index >= 15 is 0 Å². The summed E-state index contributed by atoms with van der Waals surface area (Å²) in [7, 11) is 0. The Morgan fingerprint density at radius 1 is 1.21 bits per heavy atom. The van der Waals surface area contributed by atoms with Crippen LogP contribution >= 0.6 is 0 Å². The molecule has 0 bridgehead atoms. The van der Waals surface area contributed by atoms with E-state index in [0.717, 1.165) is 36.8 Å². The number of hydrogen-bond acceptors (Lipinski definition) is 2. The average molecular weight is 261 g/mol. The standard InChI is InChI=1S/C17H27NO/c1-3-18-17-12-11-15(14(17)2)8-7-13-19-16-9-5-4-6-10-16/h4-6,9-10,14-15,17-18H,3,7-8,11-13H2,1-2H3. The molecule has 3 unspecified atom stereocenters. The third-order valence-corrected chi connectivity index (χ3v) is 4.42. The maximum atomic E-state index is 5.76. The third-order valence-electron chi connectivity index (χ3n) is 4.42. The molecule has 1 aromatic carbocycles. The molecule has 3 atom stereocenters. The first-order valence-electron chi connectivity index (χ1n) is 7.72. The van der Waals surface area contributed by atoms with Gasteiger partial charge in [-0.15, -0.1) is 0 Å². The van der Waals surface area contributed by atoms with Gasteiger partial charge in [-0.05, 0) is 56.2 Å². The number of hydrogen-bond donors (Lipinski definition) is 1. The molecule has 1 aliphatic carbocycles. The molecule has 1 aromatic rings. The van der Waals surface area contributed by atoms with Crippen molar-refractivity contribution in [3.63, 3.8) is 0 Å². The molecular weight excluding hydrogens is 234 g/mol. The van der Waals surface area contributed by atoms with Crippen LogP contribution in [-0.4, -0.2) is 19.2 Å². The van der Waals surface area contributed by atoms with Crippen LogP contribution in [0.25, 0.3) is 0 Å². The molecule has 0 aliphatic heterocycles. The van der Waals surface area contributed by atoms with Gasteiger partial charge in [0.25, 0.3) is 0 Å². The predicted octanol–water partition coefficient (Wildman–Crippen LogP) is 3.87. The fourth-order valence-electron chi connectivity index (χ4n) is 3.26. The molecule has 0 spiro atoms. The fraction of sp³-hybridized carbons (Fsp3) is 0.647. The van der Waals surface area contributed by atoms with Gasteiger partial charge in [-0.3, -0.25) is 0 Å². The highest BCUT2D eigenvalue weighted by molar-refractivity contribution is 5.20. The number of benzene rings is 1. The van der Waals surface area contributed by atoms with Gasteiger partial charge in [0.15, 0.2) is 0 Å². The zero-order valence-electron chi connectivity index (χ0n) is 12.3. The monoisotopic (exact) mass is 261 g/mol. The lowest BCUT2D eigenvalue weighted by Crippen LogP contribution is -2.32. The van der Waals surface area contributed by atoms with Gasteiger partial charge in [0.05, 0.1) is 6.61 Å². The summed E-state index contributed by atoms with van der Waals surface area (Å²) in [5.41, 5.74) is 0. The number of nitrogens with one attached hydrogen (secondary N) is 1. The zero-order chi connectivity index (χ0) is 13.5. The third kappa shape index (κ3) is 4.24. The van der Waals surface area contributed by atoms with Crippen LogP contribution in [0.15, 0.2) is 30.3 Å². The Hall–Kier alpha value is -1.02. The topological polar surface area (TPSA) is 21.3 Å². The number of ether oxygens (including phenoxy) is 1. The molecule has 2 nitrogen and oxygen atoms in total. The predicted molar refractivity (Wildman–Crippen MR) is 80.5 cm³/mol. The van der Waals surface area contributed by atoms with Crippen molar-refractivity contribution < 1.29 is 4.74 Å². The molecule has 1 aliphatic rings. The summed E-state index contributed by atoms with van der Waals surface area (Å²) >= 11 is 0. The van der Waals surface area contributed by atoms with Crippen molar-refractivity contribution in [3.05, 3.63) is 30.3 Å². The van der Waals surface area contributed by atoms with Gasteiger partial charge < -0.3 is 10.1 Å². The molecule has 1 saturated carbocycles. The first-order valence-corrected chi connectivity index (χ1v) is 7.72. The second-order valence-electron chi connectivity index (χ2n) is 5.66. The van der Waals surface area contributed by atoms with Crippen molar-refractivity contribution in [1.82, 2.24) is 5.32 Å². The van der Waals surface area contributed by atoms with E-state index in [4.69, 9.17) is 4.74 Å². The fourth-order valence-corrected chi connectivity index (χ4v) is 3.26. The van der Waals surface area contributed by atoms with Gasteiger partial charge in [0, 0.05) is 6.04 Å². The van der Waals surface area contributed by atoms with E-state index in [1.807, 2.05) is 30.3 Å². The van der Waals surface area contributed by atoms with Gasteiger partial charge in [0.1, 0.15) is 5.75 Å². The first kappa shape index (κ1) is 14.4. The summed E-state index contributed by atoms with van der Waals surface area (Å²) in [6, 6.07) is 10.9. The van der Waals surface area contributed by atoms with E-state index in [2.05, 4.69) is 19.2 Å². The van der Waals surface area contributed by atoms with E-state index in [1.165, 1.54) is 25.7 Å². The Bertz CT molecular complexity index is 352. The molecule has 2 heteroatoms. The minimum absolute atomic E-state index is 0.741. The zero-order valence-corrected chi connectivity index (χ0v) is 12.3. The Balaban J connectivity index is 1.64. The number of para-hydroxylation sites is 1. The summed E-state index contributed by atoms with van der Waals surface area (Å²) in [6.07, 6.45) is 5.20. The van der Waals surface area contributed by atoms with E-state index in [1.54, 1.807) is 0 Å². The van der Waals surface area contributed by atoms with Gasteiger partial charge in [-0.1, -0.05) is 32.0 Å². The van der Waals surface area contributed by atoms with Gasteiger partial charge in [-0.2, -0.15) is 0 Å². The van der Waals surface area contributed by atoms with E-state index < -0.39 is 0 Å². The first-order chi connectivity index (χ1) is 9.31. The second kappa shape index (κ2) is 7.54. The van der Waals surface area contributed by atoms with Crippen LogP contribution in [0.5, 0.6) is 5.75 Å². The van der Waals surface area contributed by atoms with Crippen molar-refractivity contribution in [2.75, 3.05) is 13.2 Å². The van der Waals surface area contributed by atoms with Gasteiger partial charge in [0.2, 0.25) is 0 Å². The highest BCUT2D eigenvalue weighted by Crippen LogP contribution is 2.34. The largest absolute Gasteiger partial charge is 0.494 e. The lowest BCUT2D eigenvalue weighted by Gasteiger charge is -2.21. The Kier molecular flexibility index (Phi) is 5.71. The van der Waals surface area contributed by atoms with Crippen LogP contribution in [0.2, 0.25) is 0 Å². The van der Waals surface area contributed by atoms with Crippen LogP contribution in [0.1, 0.15) is 39.5 Å². The lowest BCUT2D eigenvalue weighted by atomic mass is 9.91. The molecule has 19 heavy (non-hydrogen) atoms. The molecule has 0 radical (unpaired) electrons. The normalized spacial score (nSPS) is 26.5. The summed E-state index contributed by atoms with van der Waals surface area (Å²) < 4.78 is 5.76. The second-order valence-corrected chi connectivity index (χ2v) is 5.66. The maximum Gasteiger partial charge on any atom is 0.119 e. The molecule has 106 valence electrons. The highest BCUT2D eigenvalue weighted by atomic mass is 16.5. The van der Waals surface area contributed by atoms with Crippen LogP contribution in [0, 0.1) is 11.8 Å². The van der Waals surface area contributed by atoms with Crippen LogP contribution in [-0.2, 0) is 0 Å². The molecule has 0 aromatic heterocycles. The summed E-state index contributed by atoms with van der Waals surface area (Å²) in [6.45, 7) is 6.55. The average Bonchev–Trinajstić information content (AvgIpc) is 2.78. The molecular formula is C17H27NO. The van der Waals surface area contributed by atoms with Crippen molar-refractivity contribution in [2.45, 2.75) is 45.6 Å². The highest BCUT2D eigenvalue weighted by Gasteiger charge is 2.31. The molecule has 1 fully saturated rings. The molecule has 0 saturated heterocycles. The Morgan fingerprint density at radius 3 is 2.74 bits per heavy atom. The van der Waals surface area contributed by atoms with Crippen LogP contribution in [0.4, 0.5) is 0 Å². The molecule has 2 rings (SSSR count). The summed E-state index contributed by atoms with van der Waals surface area (Å²) in [5.74, 6) is 2.69. The smallest absolute Gasteiger partial charge is 0.119 e. The molecule has 0 heterocycles. The van der Waals surface area contributed by atoms with Crippen molar-refractivity contribution >= 4 is 0 Å². The SMILES string of the molecule is CCNC1CCC(CCCOc2ccccc2)C1C. The van der Waals surface area contributed by atoms with Crippen molar-refractivity contribution in [2.24, 2.45) is 11.8 Å². The molecule has 0 amide bonds. The summed E-state index contributed by atoms with van der Waals surface area (Å²) in [4.78, 5) is 0. The van der Waals surface area contributed by atoms with Crippen molar-refractivity contribution in [1.29, 1.82) is 0 Å². The van der Waals surface area contributed by atoms with Gasteiger partial charge >= 0.3 is 0 Å². The van der Waals surface area contributed by atoms with Crippen LogP contribution in [0.3, 0.4) is 0 Å². The molecule has 1 N–H and O–H groups in total. The quantitative estimate of drug-likeness (QED) is 0.752. The van der Waals surface area contributed by atoms with E-state index in [-0.39, 0.29) is 0 Å². The maximum absolute atomic E-state index is 5.76. The van der Waals surface area contributed by atoms with E-state index in [0.29, 0.717) is 0 Å². The van der Waals surface area contributed by atoms with E-state index in [9.17, 15) is 0 Å². The minimum atomic E-state index is 0.741. The Labute approximate surface area is 117 Å². The lowest BCUT2D eigenvalue weighted by molar-refractivity contribution is 0.271. The minimum Gasteiger partial charge on any atom is -0.494 e. The Morgan fingerprint density at radius 2 is 2.00 bits per heavy atom. The van der Waals surface area contributed by atoms with Crippen molar-refractivity contribution in [3.8, 4) is 5.75 Å². The van der Waals surface area contributed by atoms with Crippen LogP contribution < -0.4 is 10.1 Å².